The van der Waals surface area contributed by atoms with E-state index in [-0.39, 0.29) is 10.8 Å². The Morgan fingerprint density at radius 2 is 1.61 bits per heavy atom. The minimum absolute atomic E-state index is 0.0860. The van der Waals surface area contributed by atoms with Crippen LogP contribution in [0.4, 0.5) is 5.69 Å². The van der Waals surface area contributed by atoms with Crippen LogP contribution in [0.3, 0.4) is 0 Å². The van der Waals surface area contributed by atoms with Crippen LogP contribution in [0.15, 0.2) is 36.4 Å². The summed E-state index contributed by atoms with van der Waals surface area (Å²) in [4.78, 5) is 0. The van der Waals surface area contributed by atoms with Gasteiger partial charge in [-0.05, 0) is 85.8 Å². The van der Waals surface area contributed by atoms with Gasteiger partial charge in [0.25, 0.3) is 0 Å². The van der Waals surface area contributed by atoms with Gasteiger partial charge in [0.05, 0.1) is 6.61 Å². The summed E-state index contributed by atoms with van der Waals surface area (Å²) in [6.45, 7) is 19.5. The number of thiocarbonyl (C=S) groups is 1. The predicted molar refractivity (Wildman–Crippen MR) is 148 cm³/mol. The van der Waals surface area contributed by atoms with Crippen LogP contribution in [0.2, 0.25) is 0 Å². The lowest BCUT2D eigenvalue weighted by molar-refractivity contribution is 0.296. The third-order valence-corrected chi connectivity index (χ3v) is 7.25. The second-order valence-corrected chi connectivity index (χ2v) is 10.8. The van der Waals surface area contributed by atoms with Gasteiger partial charge in [0, 0.05) is 17.8 Å². The summed E-state index contributed by atoms with van der Waals surface area (Å²) in [5, 5.41) is 7.28. The zero-order valence-corrected chi connectivity index (χ0v) is 22.8. The molecule has 0 amide bonds. The summed E-state index contributed by atoms with van der Waals surface area (Å²) in [6, 6.07) is 13.1. The molecule has 0 radical (unpaired) electrons. The molecule has 0 aromatic heterocycles. The fourth-order valence-electron chi connectivity index (χ4n) is 3.73. The Bertz CT molecular complexity index is 933. The molecule has 33 heavy (non-hydrogen) atoms. The molecule has 0 aliphatic heterocycles. The van der Waals surface area contributed by atoms with E-state index in [2.05, 4.69) is 102 Å². The van der Waals surface area contributed by atoms with E-state index in [1.165, 1.54) is 22.3 Å². The van der Waals surface area contributed by atoms with Gasteiger partial charge < -0.3 is 15.4 Å². The van der Waals surface area contributed by atoms with Crippen LogP contribution in [0, 0.1) is 13.8 Å². The van der Waals surface area contributed by atoms with Crippen molar-refractivity contribution in [2.75, 3.05) is 18.5 Å². The van der Waals surface area contributed by atoms with Gasteiger partial charge in [-0.25, -0.2) is 0 Å². The van der Waals surface area contributed by atoms with Crippen molar-refractivity contribution in [2.45, 2.75) is 91.9 Å². The van der Waals surface area contributed by atoms with Crippen LogP contribution in [-0.4, -0.2) is 18.3 Å². The quantitative estimate of drug-likeness (QED) is 0.260. The fraction of sp³-hybridized carbons (Fsp3) is 0.552. The van der Waals surface area contributed by atoms with E-state index in [1.54, 1.807) is 0 Å². The molecule has 0 bridgehead atoms. The molecule has 2 N–H and O–H groups in total. The smallest absolute Gasteiger partial charge is 0.170 e. The SMILES string of the molecule is CCC(C)(C)c1ccc(OCCCCNC(=S)Nc2ccc(C)cc2C)c(C(C)(C)CC)c1. The Morgan fingerprint density at radius 1 is 0.909 bits per heavy atom. The lowest BCUT2D eigenvalue weighted by atomic mass is 9.76. The Balaban J connectivity index is 1.86. The average Bonchev–Trinajstić information content (AvgIpc) is 2.78. The Labute approximate surface area is 207 Å². The number of hydrogen-bond donors (Lipinski definition) is 2. The van der Waals surface area contributed by atoms with Crippen molar-refractivity contribution in [1.29, 1.82) is 0 Å². The molecule has 182 valence electrons. The van der Waals surface area contributed by atoms with E-state index in [9.17, 15) is 0 Å². The zero-order valence-electron chi connectivity index (χ0n) is 22.0. The number of unbranched alkanes of at least 4 members (excludes halogenated alkanes) is 1. The molecule has 0 atom stereocenters. The lowest BCUT2D eigenvalue weighted by Gasteiger charge is -2.30. The first-order valence-corrected chi connectivity index (χ1v) is 12.8. The van der Waals surface area contributed by atoms with Gasteiger partial charge in [-0.2, -0.15) is 0 Å². The van der Waals surface area contributed by atoms with Crippen molar-refractivity contribution in [3.63, 3.8) is 0 Å². The maximum Gasteiger partial charge on any atom is 0.170 e. The van der Waals surface area contributed by atoms with Crippen LogP contribution in [0.5, 0.6) is 5.75 Å². The first-order valence-electron chi connectivity index (χ1n) is 12.4. The lowest BCUT2D eigenvalue weighted by Crippen LogP contribution is -2.29. The van der Waals surface area contributed by atoms with Crippen molar-refractivity contribution in [3.8, 4) is 5.75 Å². The fourth-order valence-corrected chi connectivity index (χ4v) is 3.94. The number of anilines is 1. The summed E-state index contributed by atoms with van der Waals surface area (Å²) < 4.78 is 6.28. The highest BCUT2D eigenvalue weighted by Gasteiger charge is 2.26. The number of hydrogen-bond acceptors (Lipinski definition) is 2. The van der Waals surface area contributed by atoms with Gasteiger partial charge in [-0.1, -0.05) is 71.4 Å². The summed E-state index contributed by atoms with van der Waals surface area (Å²) >= 11 is 5.45. The Hall–Kier alpha value is -2.07. The highest BCUT2D eigenvalue weighted by atomic mass is 32.1. The van der Waals surface area contributed by atoms with Crippen LogP contribution < -0.4 is 15.4 Å². The topological polar surface area (TPSA) is 33.3 Å². The summed E-state index contributed by atoms with van der Waals surface area (Å²) in [7, 11) is 0. The van der Waals surface area contributed by atoms with Gasteiger partial charge in [-0.3, -0.25) is 0 Å². The third-order valence-electron chi connectivity index (χ3n) is 7.00. The van der Waals surface area contributed by atoms with Crippen LogP contribution >= 0.6 is 12.2 Å². The van der Waals surface area contributed by atoms with Crippen LogP contribution in [0.1, 0.15) is 89.5 Å². The number of rotatable bonds is 11. The van der Waals surface area contributed by atoms with E-state index >= 15 is 0 Å². The molecule has 0 heterocycles. The number of benzene rings is 2. The predicted octanol–water partition coefficient (Wildman–Crippen LogP) is 7.82. The summed E-state index contributed by atoms with van der Waals surface area (Å²) in [5.74, 6) is 1.03. The number of aryl methyl sites for hydroxylation is 2. The maximum atomic E-state index is 6.28. The number of nitrogens with one attached hydrogen (secondary N) is 2. The summed E-state index contributed by atoms with van der Waals surface area (Å²) in [6.07, 6.45) is 4.18. The first kappa shape index (κ1) is 27.2. The van der Waals surface area contributed by atoms with E-state index in [0.717, 1.165) is 43.7 Å². The van der Waals surface area contributed by atoms with E-state index in [1.807, 2.05) is 0 Å². The van der Waals surface area contributed by atoms with Gasteiger partial charge >= 0.3 is 0 Å². The molecule has 3 nitrogen and oxygen atoms in total. The normalized spacial score (nSPS) is 11.9. The minimum Gasteiger partial charge on any atom is -0.493 e. The maximum absolute atomic E-state index is 6.28. The molecular weight excluding hydrogens is 424 g/mol. The molecule has 2 aromatic rings. The number of ether oxygens (including phenoxy) is 1. The van der Waals surface area contributed by atoms with Crippen LogP contribution in [-0.2, 0) is 10.8 Å². The molecule has 0 aliphatic carbocycles. The molecule has 0 spiro atoms. The largest absolute Gasteiger partial charge is 0.493 e. The summed E-state index contributed by atoms with van der Waals surface area (Å²) in [5.41, 5.74) is 6.48. The first-order chi connectivity index (χ1) is 15.5. The molecule has 0 saturated carbocycles. The second-order valence-electron chi connectivity index (χ2n) is 10.4. The average molecular weight is 469 g/mol. The van der Waals surface area contributed by atoms with Crippen molar-refractivity contribution < 1.29 is 4.74 Å². The van der Waals surface area contributed by atoms with E-state index in [4.69, 9.17) is 17.0 Å². The zero-order chi connectivity index (χ0) is 24.6. The highest BCUT2D eigenvalue weighted by Crippen LogP contribution is 2.38. The van der Waals surface area contributed by atoms with Crippen molar-refractivity contribution >= 4 is 23.0 Å². The van der Waals surface area contributed by atoms with Gasteiger partial charge in [0.15, 0.2) is 5.11 Å². The Morgan fingerprint density at radius 3 is 2.24 bits per heavy atom. The molecule has 0 aliphatic rings. The van der Waals surface area contributed by atoms with E-state index in [0.29, 0.717) is 11.7 Å². The molecule has 0 unspecified atom stereocenters. The monoisotopic (exact) mass is 468 g/mol. The molecular formula is C29H44N2OS. The molecule has 2 rings (SSSR count). The molecule has 0 saturated heterocycles. The second kappa shape index (κ2) is 11.9. The molecule has 0 fully saturated rings. The standard InChI is InChI=1S/C29H44N2OS/c1-9-28(5,6)23-14-16-26(24(20-23)29(7,8)10-2)32-18-12-11-17-30-27(33)31-25-15-13-21(3)19-22(25)4/h13-16,19-20H,9-12,17-18H2,1-8H3,(H2,30,31,33). The van der Waals surface area contributed by atoms with Gasteiger partial charge in [0.2, 0.25) is 0 Å². The van der Waals surface area contributed by atoms with Gasteiger partial charge in [0.1, 0.15) is 5.75 Å². The molecule has 4 heteroatoms. The minimum atomic E-state index is 0.0860. The third kappa shape index (κ3) is 7.74. The van der Waals surface area contributed by atoms with Crippen molar-refractivity contribution in [3.05, 3.63) is 58.7 Å². The molecule has 2 aromatic carbocycles. The van der Waals surface area contributed by atoms with Gasteiger partial charge in [-0.15, -0.1) is 0 Å². The highest BCUT2D eigenvalue weighted by molar-refractivity contribution is 7.80. The van der Waals surface area contributed by atoms with E-state index < -0.39 is 0 Å². The Kier molecular flexibility index (Phi) is 9.78. The van der Waals surface area contributed by atoms with Crippen molar-refractivity contribution in [2.24, 2.45) is 0 Å². The van der Waals surface area contributed by atoms with Crippen LogP contribution in [0.25, 0.3) is 0 Å². The van der Waals surface area contributed by atoms with Crippen molar-refractivity contribution in [1.82, 2.24) is 5.32 Å².